The van der Waals surface area contributed by atoms with Crippen molar-refractivity contribution in [1.82, 2.24) is 15.2 Å². The van der Waals surface area contributed by atoms with Crippen molar-refractivity contribution in [3.05, 3.63) is 42.1 Å². The molecular weight excluding hydrogens is 258 g/mol. The number of para-hydroxylation sites is 1. The molecule has 1 aromatic heterocycles. The zero-order valence-corrected chi connectivity index (χ0v) is 12.5. The molecule has 2 fully saturated rings. The molecule has 1 aliphatic carbocycles. The molecule has 4 rings (SSSR count). The number of rotatable bonds is 3. The molecule has 2 aromatic rings. The molecule has 3 nitrogen and oxygen atoms in total. The molecule has 110 valence electrons. The van der Waals surface area contributed by atoms with Gasteiger partial charge in [-0.3, -0.25) is 9.88 Å². The third kappa shape index (κ3) is 2.56. The van der Waals surface area contributed by atoms with Crippen molar-refractivity contribution in [3.63, 3.8) is 0 Å². The topological polar surface area (TPSA) is 28.2 Å². The van der Waals surface area contributed by atoms with Crippen LogP contribution in [0, 0.1) is 5.92 Å². The molecule has 1 saturated carbocycles. The molecule has 0 radical (unpaired) electrons. The number of aromatic nitrogens is 1. The van der Waals surface area contributed by atoms with Gasteiger partial charge in [-0.1, -0.05) is 30.7 Å². The number of pyridine rings is 1. The molecule has 3 heteroatoms. The number of nitrogens with one attached hydrogen (secondary N) is 1. The third-order valence-corrected chi connectivity index (χ3v) is 5.06. The van der Waals surface area contributed by atoms with Crippen molar-refractivity contribution in [2.45, 2.75) is 25.3 Å². The highest BCUT2D eigenvalue weighted by molar-refractivity contribution is 5.78. The number of hydrogen-bond donors (Lipinski definition) is 1. The van der Waals surface area contributed by atoms with E-state index in [4.69, 9.17) is 4.98 Å². The summed E-state index contributed by atoms with van der Waals surface area (Å²) < 4.78 is 0. The summed E-state index contributed by atoms with van der Waals surface area (Å²) in [6.45, 7) is 4.51. The van der Waals surface area contributed by atoms with Gasteiger partial charge in [-0.15, -0.1) is 0 Å². The average Bonchev–Trinajstić information content (AvgIpc) is 2.51. The molecule has 0 amide bonds. The Bertz CT molecular complexity index is 615. The summed E-state index contributed by atoms with van der Waals surface area (Å²) in [5, 5.41) is 4.71. The van der Waals surface area contributed by atoms with Gasteiger partial charge in [0.25, 0.3) is 0 Å². The minimum Gasteiger partial charge on any atom is -0.314 e. The van der Waals surface area contributed by atoms with Gasteiger partial charge in [-0.25, -0.2) is 0 Å². The van der Waals surface area contributed by atoms with Crippen LogP contribution in [0.2, 0.25) is 0 Å². The minimum atomic E-state index is 0.519. The first-order valence-electron chi connectivity index (χ1n) is 8.22. The Morgan fingerprint density at radius 1 is 1.05 bits per heavy atom. The maximum atomic E-state index is 4.99. The summed E-state index contributed by atoms with van der Waals surface area (Å²) in [4.78, 5) is 7.64. The first-order valence-corrected chi connectivity index (χ1v) is 8.22. The van der Waals surface area contributed by atoms with Crippen molar-refractivity contribution < 1.29 is 0 Å². The van der Waals surface area contributed by atoms with E-state index in [0.29, 0.717) is 6.04 Å². The Morgan fingerprint density at radius 2 is 1.86 bits per heavy atom. The van der Waals surface area contributed by atoms with Crippen LogP contribution >= 0.6 is 0 Å². The van der Waals surface area contributed by atoms with Gasteiger partial charge in [0.1, 0.15) is 0 Å². The summed E-state index contributed by atoms with van der Waals surface area (Å²) >= 11 is 0. The van der Waals surface area contributed by atoms with Gasteiger partial charge in [0.05, 0.1) is 17.3 Å². The first-order chi connectivity index (χ1) is 10.4. The van der Waals surface area contributed by atoms with E-state index in [0.717, 1.165) is 37.6 Å². The second-order valence-corrected chi connectivity index (χ2v) is 6.35. The number of hydrogen-bond acceptors (Lipinski definition) is 3. The Hall–Kier alpha value is -1.45. The predicted octanol–water partition coefficient (Wildman–Crippen LogP) is 2.98. The van der Waals surface area contributed by atoms with Crippen LogP contribution < -0.4 is 5.32 Å². The lowest BCUT2D eigenvalue weighted by atomic mass is 9.77. The van der Waals surface area contributed by atoms with Crippen molar-refractivity contribution in [3.8, 4) is 0 Å². The van der Waals surface area contributed by atoms with Crippen LogP contribution in [0.15, 0.2) is 36.4 Å². The second kappa shape index (κ2) is 5.74. The fourth-order valence-electron chi connectivity index (χ4n) is 3.69. The molecule has 1 atom stereocenters. The zero-order chi connectivity index (χ0) is 14.1. The van der Waals surface area contributed by atoms with E-state index < -0.39 is 0 Å². The highest BCUT2D eigenvalue weighted by Gasteiger charge is 2.34. The van der Waals surface area contributed by atoms with Crippen molar-refractivity contribution in [2.75, 3.05) is 26.2 Å². The lowest BCUT2D eigenvalue weighted by Crippen LogP contribution is -2.48. The van der Waals surface area contributed by atoms with Gasteiger partial charge in [0.15, 0.2) is 0 Å². The molecule has 0 spiro atoms. The van der Waals surface area contributed by atoms with Crippen LogP contribution in [0.3, 0.4) is 0 Å². The third-order valence-electron chi connectivity index (χ3n) is 5.06. The summed E-state index contributed by atoms with van der Waals surface area (Å²) in [6, 6.07) is 13.5. The maximum absolute atomic E-state index is 4.99. The quantitative estimate of drug-likeness (QED) is 0.937. The monoisotopic (exact) mass is 281 g/mol. The normalized spacial score (nSPS) is 22.1. The fourth-order valence-corrected chi connectivity index (χ4v) is 3.69. The Morgan fingerprint density at radius 3 is 2.62 bits per heavy atom. The van der Waals surface area contributed by atoms with Gasteiger partial charge < -0.3 is 5.32 Å². The predicted molar refractivity (Wildman–Crippen MR) is 86.3 cm³/mol. The molecule has 1 N–H and O–H groups in total. The molecular formula is C18H23N3. The Balaban J connectivity index is 1.69. The van der Waals surface area contributed by atoms with Crippen LogP contribution in [-0.2, 0) is 0 Å². The van der Waals surface area contributed by atoms with Crippen LogP contribution in [-0.4, -0.2) is 36.1 Å². The van der Waals surface area contributed by atoms with E-state index in [9.17, 15) is 0 Å². The van der Waals surface area contributed by atoms with E-state index in [-0.39, 0.29) is 0 Å². The van der Waals surface area contributed by atoms with Gasteiger partial charge in [-0.2, -0.15) is 0 Å². The molecule has 0 bridgehead atoms. The van der Waals surface area contributed by atoms with Gasteiger partial charge in [0, 0.05) is 31.6 Å². The van der Waals surface area contributed by atoms with Gasteiger partial charge in [0.2, 0.25) is 0 Å². The maximum Gasteiger partial charge on any atom is 0.0706 e. The minimum absolute atomic E-state index is 0.519. The lowest BCUT2D eigenvalue weighted by molar-refractivity contribution is 0.0811. The van der Waals surface area contributed by atoms with Crippen LogP contribution in [0.5, 0.6) is 0 Å². The summed E-state index contributed by atoms with van der Waals surface area (Å²) in [5.74, 6) is 0.803. The van der Waals surface area contributed by atoms with E-state index in [1.165, 1.54) is 30.3 Å². The molecule has 1 aliphatic heterocycles. The van der Waals surface area contributed by atoms with Crippen LogP contribution in [0.25, 0.3) is 10.9 Å². The average molecular weight is 281 g/mol. The molecule has 2 aliphatic rings. The van der Waals surface area contributed by atoms with E-state index in [1.54, 1.807) is 0 Å². The van der Waals surface area contributed by atoms with Crippen molar-refractivity contribution in [2.24, 2.45) is 5.92 Å². The van der Waals surface area contributed by atoms with E-state index >= 15 is 0 Å². The molecule has 0 unspecified atom stereocenters. The number of fused-ring (bicyclic) bond motifs is 1. The first kappa shape index (κ1) is 13.2. The largest absolute Gasteiger partial charge is 0.314 e. The Labute approximate surface area is 126 Å². The SMILES string of the molecule is c1ccc2nc([C@H](C3CCC3)N3CCNCC3)ccc2c1. The standard InChI is InChI=1S/C18H23N3/c1-2-7-16-14(4-1)8-9-17(20-16)18(15-5-3-6-15)21-12-10-19-11-13-21/h1-2,4,7-9,15,18-19H,3,5-6,10-13H2/t18-/m0/s1. The second-order valence-electron chi connectivity index (χ2n) is 6.35. The van der Waals surface area contributed by atoms with Crippen molar-refractivity contribution >= 4 is 10.9 Å². The molecule has 2 heterocycles. The highest BCUT2D eigenvalue weighted by atomic mass is 15.2. The van der Waals surface area contributed by atoms with Crippen LogP contribution in [0.4, 0.5) is 0 Å². The smallest absolute Gasteiger partial charge is 0.0706 e. The molecule has 1 aromatic carbocycles. The number of piperazine rings is 1. The van der Waals surface area contributed by atoms with Crippen molar-refractivity contribution in [1.29, 1.82) is 0 Å². The van der Waals surface area contributed by atoms with Gasteiger partial charge >= 0.3 is 0 Å². The zero-order valence-electron chi connectivity index (χ0n) is 12.5. The Kier molecular flexibility index (Phi) is 3.62. The fraction of sp³-hybridized carbons (Fsp3) is 0.500. The number of nitrogens with zero attached hydrogens (tertiary/aromatic N) is 2. The van der Waals surface area contributed by atoms with Crippen LogP contribution in [0.1, 0.15) is 31.0 Å². The molecule has 21 heavy (non-hydrogen) atoms. The highest BCUT2D eigenvalue weighted by Crippen LogP contribution is 2.41. The molecule has 1 saturated heterocycles. The van der Waals surface area contributed by atoms with E-state index in [1.807, 2.05) is 0 Å². The van der Waals surface area contributed by atoms with E-state index in [2.05, 4.69) is 46.6 Å². The number of benzene rings is 1. The lowest BCUT2D eigenvalue weighted by Gasteiger charge is -2.42. The van der Waals surface area contributed by atoms with Gasteiger partial charge in [-0.05, 0) is 30.9 Å². The summed E-state index contributed by atoms with van der Waals surface area (Å²) in [6.07, 6.45) is 4.12. The summed E-state index contributed by atoms with van der Waals surface area (Å²) in [5.41, 5.74) is 2.41. The summed E-state index contributed by atoms with van der Waals surface area (Å²) in [7, 11) is 0.